The van der Waals surface area contributed by atoms with Crippen molar-refractivity contribution in [3.8, 4) is 11.1 Å². The van der Waals surface area contributed by atoms with Crippen LogP contribution in [0.4, 0.5) is 5.69 Å². The fourth-order valence-electron chi connectivity index (χ4n) is 3.54. The zero-order valence-electron chi connectivity index (χ0n) is 16.0. The number of amides is 3. The Morgan fingerprint density at radius 1 is 1.07 bits per heavy atom. The number of carbonyl (C=O) groups excluding carboxylic acids is 3. The number of carbonyl (C=O) groups is 3. The molecule has 2 aromatic carbocycles. The molecule has 0 aliphatic carbocycles. The van der Waals surface area contributed by atoms with Crippen molar-refractivity contribution in [1.29, 1.82) is 0 Å². The normalized spacial score (nSPS) is 16.0. The van der Waals surface area contributed by atoms with Crippen molar-refractivity contribution in [2.45, 2.75) is 38.6 Å². The first-order chi connectivity index (χ1) is 13.4. The second kappa shape index (κ2) is 8.69. The maximum absolute atomic E-state index is 12.8. The fraction of sp³-hybridized carbons (Fsp3) is 0.318. The Balaban J connectivity index is 1.69. The number of likely N-dealkylation sites (tertiary alicyclic amines) is 1. The number of primary amides is 1. The molecule has 6 heteroatoms. The van der Waals surface area contributed by atoms with Gasteiger partial charge in [0.05, 0.1) is 0 Å². The molecule has 0 unspecified atom stereocenters. The van der Waals surface area contributed by atoms with Crippen LogP contribution in [0.5, 0.6) is 0 Å². The molecule has 0 bridgehead atoms. The van der Waals surface area contributed by atoms with Crippen molar-refractivity contribution in [2.75, 3.05) is 11.9 Å². The molecule has 3 N–H and O–H groups in total. The predicted octanol–water partition coefficient (Wildman–Crippen LogP) is 2.86. The summed E-state index contributed by atoms with van der Waals surface area (Å²) in [6.07, 6.45) is 1.43. The number of nitrogens with zero attached hydrogens (tertiary/aromatic N) is 1. The van der Waals surface area contributed by atoms with Crippen LogP contribution < -0.4 is 11.1 Å². The van der Waals surface area contributed by atoms with Crippen LogP contribution in [-0.4, -0.2) is 35.2 Å². The third kappa shape index (κ3) is 4.76. The van der Waals surface area contributed by atoms with Crippen LogP contribution in [0, 0.1) is 6.92 Å². The van der Waals surface area contributed by atoms with E-state index in [9.17, 15) is 14.4 Å². The van der Waals surface area contributed by atoms with Gasteiger partial charge in [-0.2, -0.15) is 0 Å². The molecule has 0 spiro atoms. The van der Waals surface area contributed by atoms with E-state index in [1.54, 1.807) is 4.90 Å². The second-order valence-electron chi connectivity index (χ2n) is 7.15. The highest BCUT2D eigenvalue weighted by Crippen LogP contribution is 2.25. The van der Waals surface area contributed by atoms with Crippen molar-refractivity contribution in [3.05, 3.63) is 54.1 Å². The number of nitrogens with two attached hydrogens (primary N) is 1. The number of hydrogen-bond acceptors (Lipinski definition) is 3. The molecule has 0 radical (unpaired) electrons. The van der Waals surface area contributed by atoms with E-state index in [-0.39, 0.29) is 24.7 Å². The highest BCUT2D eigenvalue weighted by molar-refractivity contribution is 5.98. The van der Waals surface area contributed by atoms with Gasteiger partial charge in [0.15, 0.2) is 0 Å². The van der Waals surface area contributed by atoms with Gasteiger partial charge in [-0.25, -0.2) is 0 Å². The quantitative estimate of drug-likeness (QED) is 0.808. The van der Waals surface area contributed by atoms with Gasteiger partial charge in [-0.1, -0.05) is 42.0 Å². The van der Waals surface area contributed by atoms with Crippen molar-refractivity contribution in [1.82, 2.24) is 4.90 Å². The SMILES string of the molecule is Cc1cccc(-c2cccc(NC(=O)[C@@H]3CCCN3C(=O)CCC(N)=O)c2)c1. The molecule has 0 aromatic heterocycles. The first-order valence-electron chi connectivity index (χ1n) is 9.50. The molecule has 3 rings (SSSR count). The van der Waals surface area contributed by atoms with E-state index in [0.717, 1.165) is 17.5 Å². The average Bonchev–Trinajstić information content (AvgIpc) is 3.16. The highest BCUT2D eigenvalue weighted by Gasteiger charge is 2.33. The van der Waals surface area contributed by atoms with E-state index in [2.05, 4.69) is 11.4 Å². The minimum absolute atomic E-state index is 0.00219. The Morgan fingerprint density at radius 2 is 1.79 bits per heavy atom. The van der Waals surface area contributed by atoms with E-state index in [1.807, 2.05) is 49.4 Å². The molecule has 1 saturated heterocycles. The lowest BCUT2D eigenvalue weighted by atomic mass is 10.0. The molecule has 28 heavy (non-hydrogen) atoms. The Kier molecular flexibility index (Phi) is 6.09. The van der Waals surface area contributed by atoms with Crippen LogP contribution in [0.15, 0.2) is 48.5 Å². The van der Waals surface area contributed by atoms with Gasteiger partial charge < -0.3 is 16.0 Å². The predicted molar refractivity (Wildman–Crippen MR) is 108 cm³/mol. The van der Waals surface area contributed by atoms with Crippen LogP contribution in [-0.2, 0) is 14.4 Å². The van der Waals surface area contributed by atoms with E-state index in [4.69, 9.17) is 5.73 Å². The summed E-state index contributed by atoms with van der Waals surface area (Å²) in [4.78, 5) is 37.6. The monoisotopic (exact) mass is 379 g/mol. The molecule has 1 aliphatic rings. The third-order valence-electron chi connectivity index (χ3n) is 4.94. The van der Waals surface area contributed by atoms with E-state index in [0.29, 0.717) is 18.7 Å². The molecular formula is C22H25N3O3. The van der Waals surface area contributed by atoms with Gasteiger partial charge in [-0.3, -0.25) is 14.4 Å². The Hall–Kier alpha value is -3.15. The summed E-state index contributed by atoms with van der Waals surface area (Å²) in [5, 5.41) is 2.93. The molecule has 1 fully saturated rings. The van der Waals surface area contributed by atoms with Crippen molar-refractivity contribution >= 4 is 23.4 Å². The van der Waals surface area contributed by atoms with Crippen LogP contribution in [0.1, 0.15) is 31.2 Å². The lowest BCUT2D eigenvalue weighted by Gasteiger charge is -2.24. The van der Waals surface area contributed by atoms with Gasteiger partial charge in [0.2, 0.25) is 17.7 Å². The lowest BCUT2D eigenvalue weighted by molar-refractivity contribution is -0.137. The fourth-order valence-corrected chi connectivity index (χ4v) is 3.54. The number of anilines is 1. The number of benzene rings is 2. The first-order valence-corrected chi connectivity index (χ1v) is 9.50. The molecule has 0 saturated carbocycles. The molecule has 1 aliphatic heterocycles. The van der Waals surface area contributed by atoms with Crippen molar-refractivity contribution in [2.24, 2.45) is 5.73 Å². The maximum Gasteiger partial charge on any atom is 0.247 e. The van der Waals surface area contributed by atoms with Crippen molar-refractivity contribution in [3.63, 3.8) is 0 Å². The molecule has 6 nitrogen and oxygen atoms in total. The number of rotatable bonds is 6. The molecule has 1 heterocycles. The topological polar surface area (TPSA) is 92.5 Å². The van der Waals surface area contributed by atoms with Gasteiger partial charge in [0.1, 0.15) is 6.04 Å². The molecule has 1 atom stereocenters. The smallest absolute Gasteiger partial charge is 0.247 e. The Labute approximate surface area is 164 Å². The largest absolute Gasteiger partial charge is 0.370 e. The van der Waals surface area contributed by atoms with Gasteiger partial charge in [-0.05, 0) is 43.0 Å². The second-order valence-corrected chi connectivity index (χ2v) is 7.15. The number of nitrogens with one attached hydrogen (secondary N) is 1. The molecular weight excluding hydrogens is 354 g/mol. The van der Waals surface area contributed by atoms with Crippen molar-refractivity contribution < 1.29 is 14.4 Å². The summed E-state index contributed by atoms with van der Waals surface area (Å²) in [6.45, 7) is 2.57. The minimum Gasteiger partial charge on any atom is -0.370 e. The zero-order valence-corrected chi connectivity index (χ0v) is 16.0. The Morgan fingerprint density at radius 3 is 2.50 bits per heavy atom. The molecule has 2 aromatic rings. The van der Waals surface area contributed by atoms with Gasteiger partial charge in [0.25, 0.3) is 0 Å². The summed E-state index contributed by atoms with van der Waals surface area (Å²) < 4.78 is 0. The summed E-state index contributed by atoms with van der Waals surface area (Å²) in [5.41, 5.74) is 9.08. The number of hydrogen-bond donors (Lipinski definition) is 2. The van der Waals surface area contributed by atoms with Crippen LogP contribution in [0.25, 0.3) is 11.1 Å². The Bertz CT molecular complexity index is 894. The molecule has 3 amide bonds. The van der Waals surface area contributed by atoms with Crippen LogP contribution in [0.3, 0.4) is 0 Å². The highest BCUT2D eigenvalue weighted by atomic mass is 16.2. The summed E-state index contributed by atoms with van der Waals surface area (Å²) in [5.74, 6) is -0.919. The first kappa shape index (κ1) is 19.6. The van der Waals surface area contributed by atoms with E-state index >= 15 is 0 Å². The summed E-state index contributed by atoms with van der Waals surface area (Å²) in [7, 11) is 0. The zero-order chi connectivity index (χ0) is 20.1. The summed E-state index contributed by atoms with van der Waals surface area (Å²) in [6, 6.07) is 15.3. The van der Waals surface area contributed by atoms with Gasteiger partial charge >= 0.3 is 0 Å². The standard InChI is InChI=1S/C22H25N3O3/c1-15-5-2-6-16(13-15)17-7-3-8-18(14-17)24-22(28)19-9-4-12-25(19)21(27)11-10-20(23)26/h2-3,5-8,13-14,19H,4,9-12H2,1H3,(H2,23,26)(H,24,28)/t19-/m0/s1. The number of aryl methyl sites for hydroxylation is 1. The lowest BCUT2D eigenvalue weighted by Crippen LogP contribution is -2.43. The maximum atomic E-state index is 12.8. The van der Waals surface area contributed by atoms with Crippen LogP contribution >= 0.6 is 0 Å². The average molecular weight is 379 g/mol. The van der Waals surface area contributed by atoms with Gasteiger partial charge in [0, 0.05) is 25.1 Å². The molecule has 146 valence electrons. The van der Waals surface area contributed by atoms with Gasteiger partial charge in [-0.15, -0.1) is 0 Å². The summed E-state index contributed by atoms with van der Waals surface area (Å²) >= 11 is 0. The minimum atomic E-state index is -0.512. The third-order valence-corrected chi connectivity index (χ3v) is 4.94. The van der Waals surface area contributed by atoms with Crippen LogP contribution in [0.2, 0.25) is 0 Å². The van der Waals surface area contributed by atoms with E-state index < -0.39 is 11.9 Å². The van der Waals surface area contributed by atoms with E-state index in [1.165, 1.54) is 5.56 Å².